The van der Waals surface area contributed by atoms with Gasteiger partial charge < -0.3 is 9.84 Å². The van der Waals surface area contributed by atoms with Gasteiger partial charge in [0.1, 0.15) is 5.75 Å². The van der Waals surface area contributed by atoms with Crippen molar-refractivity contribution in [3.63, 3.8) is 0 Å². The molecule has 1 aliphatic rings. The molecule has 2 aromatic carbocycles. The number of aromatic nitrogens is 1. The standard InChI is InChI=1S/C27H25F3N4O3/c1-26(2)24(35)34(21-7-4-20(17-31)23(16-21)27(28,29)30)25(36)33(26)14-3-15-37-22-8-5-18(6-9-22)19-10-12-32-13-11-19/h4-13,16,25,36H,3,14-15H2,1-2H3/t25-/m0/s1. The van der Waals surface area contributed by atoms with E-state index in [1.165, 1.54) is 17.0 Å². The number of hydrogen-bond acceptors (Lipinski definition) is 6. The molecule has 0 bridgehead atoms. The lowest BCUT2D eigenvalue weighted by Crippen LogP contribution is -2.46. The normalized spacial score (nSPS) is 17.6. The van der Waals surface area contributed by atoms with Crippen LogP contribution in [-0.4, -0.2) is 45.9 Å². The third kappa shape index (κ3) is 5.28. The topological polar surface area (TPSA) is 89.7 Å². The van der Waals surface area contributed by atoms with Crippen molar-refractivity contribution < 1.29 is 27.8 Å². The summed E-state index contributed by atoms with van der Waals surface area (Å²) < 4.78 is 46.1. The summed E-state index contributed by atoms with van der Waals surface area (Å²) in [5.74, 6) is 0.111. The molecule has 192 valence electrons. The highest BCUT2D eigenvalue weighted by Gasteiger charge is 2.52. The number of aliphatic hydroxyl groups excluding tert-OH is 1. The van der Waals surface area contributed by atoms with Crippen LogP contribution in [0.5, 0.6) is 5.75 Å². The maximum Gasteiger partial charge on any atom is 0.417 e. The Labute approximate surface area is 212 Å². The zero-order valence-corrected chi connectivity index (χ0v) is 20.2. The fraction of sp³-hybridized carbons (Fsp3) is 0.296. The van der Waals surface area contributed by atoms with Gasteiger partial charge in [-0.1, -0.05) is 12.1 Å². The maximum absolute atomic E-state index is 13.4. The molecule has 2 heterocycles. The Morgan fingerprint density at radius 3 is 2.35 bits per heavy atom. The van der Waals surface area contributed by atoms with E-state index in [2.05, 4.69) is 4.98 Å². The number of hydrogen-bond donors (Lipinski definition) is 1. The molecule has 1 fully saturated rings. The van der Waals surface area contributed by atoms with E-state index in [1.54, 1.807) is 26.2 Å². The molecule has 4 rings (SSSR count). The highest BCUT2D eigenvalue weighted by molar-refractivity contribution is 6.02. The number of alkyl halides is 3. The second kappa shape index (κ2) is 10.2. The van der Waals surface area contributed by atoms with E-state index in [1.807, 2.05) is 36.4 Å². The molecular formula is C27H25F3N4O3. The van der Waals surface area contributed by atoms with Crippen molar-refractivity contribution in [2.75, 3.05) is 18.1 Å². The molecule has 1 aromatic heterocycles. The van der Waals surface area contributed by atoms with Crippen molar-refractivity contribution in [3.05, 3.63) is 78.1 Å². The first-order valence-electron chi connectivity index (χ1n) is 11.6. The minimum absolute atomic E-state index is 0.134. The molecule has 37 heavy (non-hydrogen) atoms. The number of nitriles is 1. The zero-order chi connectivity index (χ0) is 26.8. The average molecular weight is 511 g/mol. The SMILES string of the molecule is CC1(C)C(=O)N(c2ccc(C#N)c(C(F)(F)F)c2)[C@@H](O)N1CCCOc1ccc(-c2ccncc2)cc1. The fourth-order valence-electron chi connectivity index (χ4n) is 4.32. The quantitative estimate of drug-likeness (QED) is 0.459. The lowest BCUT2D eigenvalue weighted by atomic mass is 10.0. The van der Waals surface area contributed by atoms with E-state index in [9.17, 15) is 23.1 Å². The van der Waals surface area contributed by atoms with Crippen LogP contribution in [0.1, 0.15) is 31.4 Å². The van der Waals surface area contributed by atoms with Gasteiger partial charge in [0.15, 0.2) is 6.35 Å². The number of halogens is 3. The third-order valence-electron chi connectivity index (χ3n) is 6.36. The summed E-state index contributed by atoms with van der Waals surface area (Å²) in [4.78, 5) is 19.6. The third-order valence-corrected chi connectivity index (χ3v) is 6.36. The Morgan fingerprint density at radius 1 is 1.08 bits per heavy atom. The second-order valence-electron chi connectivity index (χ2n) is 9.08. The van der Waals surface area contributed by atoms with Gasteiger partial charge in [0, 0.05) is 24.6 Å². The Balaban J connectivity index is 1.41. The Hall–Kier alpha value is -3.94. The minimum atomic E-state index is -4.78. The van der Waals surface area contributed by atoms with Gasteiger partial charge in [-0.15, -0.1) is 0 Å². The van der Waals surface area contributed by atoms with Gasteiger partial charge in [-0.3, -0.25) is 14.7 Å². The monoisotopic (exact) mass is 510 g/mol. The average Bonchev–Trinajstić information content (AvgIpc) is 3.05. The van der Waals surface area contributed by atoms with E-state index in [4.69, 9.17) is 10.00 Å². The number of rotatable bonds is 7. The first-order valence-corrected chi connectivity index (χ1v) is 11.6. The molecule has 1 amide bonds. The van der Waals surface area contributed by atoms with Gasteiger partial charge >= 0.3 is 6.18 Å². The number of anilines is 1. The van der Waals surface area contributed by atoms with Crippen LogP contribution in [-0.2, 0) is 11.0 Å². The number of aliphatic hydroxyl groups is 1. The molecular weight excluding hydrogens is 485 g/mol. The number of amides is 1. The zero-order valence-electron chi connectivity index (χ0n) is 20.2. The predicted molar refractivity (Wildman–Crippen MR) is 130 cm³/mol. The summed E-state index contributed by atoms with van der Waals surface area (Å²) in [5, 5.41) is 20.0. The van der Waals surface area contributed by atoms with Gasteiger partial charge in [-0.25, -0.2) is 4.90 Å². The Morgan fingerprint density at radius 2 is 1.73 bits per heavy atom. The van der Waals surface area contributed by atoms with Gasteiger partial charge in [-0.05, 0) is 73.9 Å². The molecule has 7 nitrogen and oxygen atoms in total. The molecule has 0 unspecified atom stereocenters. The van der Waals surface area contributed by atoms with Crippen molar-refractivity contribution >= 4 is 11.6 Å². The van der Waals surface area contributed by atoms with Crippen LogP contribution in [0, 0.1) is 11.3 Å². The molecule has 0 saturated carbocycles. The number of benzene rings is 2. The van der Waals surface area contributed by atoms with Gasteiger partial charge in [0.25, 0.3) is 0 Å². The van der Waals surface area contributed by atoms with Crippen molar-refractivity contribution in [3.8, 4) is 22.9 Å². The highest BCUT2D eigenvalue weighted by Crippen LogP contribution is 2.38. The molecule has 1 N–H and O–H groups in total. The van der Waals surface area contributed by atoms with Crippen molar-refractivity contribution in [2.45, 2.75) is 38.3 Å². The molecule has 1 atom stereocenters. The fourth-order valence-corrected chi connectivity index (χ4v) is 4.32. The summed E-state index contributed by atoms with van der Waals surface area (Å²) in [6.07, 6.45) is -2.36. The van der Waals surface area contributed by atoms with E-state index in [0.29, 0.717) is 18.8 Å². The smallest absolute Gasteiger partial charge is 0.417 e. The van der Waals surface area contributed by atoms with Gasteiger partial charge in [0.2, 0.25) is 5.91 Å². The van der Waals surface area contributed by atoms with Crippen LogP contribution in [0.4, 0.5) is 18.9 Å². The molecule has 3 aromatic rings. The van der Waals surface area contributed by atoms with Gasteiger partial charge in [0.05, 0.1) is 29.3 Å². The Bertz CT molecular complexity index is 1310. The van der Waals surface area contributed by atoms with E-state index in [0.717, 1.165) is 28.2 Å². The molecule has 1 saturated heterocycles. The molecule has 0 spiro atoms. The first-order chi connectivity index (χ1) is 17.5. The predicted octanol–water partition coefficient (Wildman–Crippen LogP) is 4.81. The van der Waals surface area contributed by atoms with E-state index < -0.39 is 35.1 Å². The van der Waals surface area contributed by atoms with Crippen LogP contribution >= 0.6 is 0 Å². The number of pyridine rings is 1. The van der Waals surface area contributed by atoms with Crippen molar-refractivity contribution in [1.29, 1.82) is 5.26 Å². The molecule has 0 radical (unpaired) electrons. The van der Waals surface area contributed by atoms with E-state index in [-0.39, 0.29) is 12.2 Å². The van der Waals surface area contributed by atoms with Crippen LogP contribution in [0.15, 0.2) is 67.0 Å². The largest absolute Gasteiger partial charge is 0.494 e. The maximum atomic E-state index is 13.4. The van der Waals surface area contributed by atoms with E-state index >= 15 is 0 Å². The first kappa shape index (κ1) is 26.1. The number of nitrogens with zero attached hydrogens (tertiary/aromatic N) is 4. The summed E-state index contributed by atoms with van der Waals surface area (Å²) >= 11 is 0. The number of ether oxygens (including phenoxy) is 1. The summed E-state index contributed by atoms with van der Waals surface area (Å²) in [7, 11) is 0. The summed E-state index contributed by atoms with van der Waals surface area (Å²) in [5.41, 5.74) is -0.966. The van der Waals surface area contributed by atoms with Crippen molar-refractivity contribution in [2.24, 2.45) is 0 Å². The van der Waals surface area contributed by atoms with Crippen molar-refractivity contribution in [1.82, 2.24) is 9.88 Å². The molecule has 10 heteroatoms. The molecule has 0 aliphatic carbocycles. The Kier molecular flexibility index (Phi) is 7.21. The number of carbonyl (C=O) groups is 1. The van der Waals surface area contributed by atoms with Crippen LogP contribution in [0.2, 0.25) is 0 Å². The van der Waals surface area contributed by atoms with Gasteiger partial charge in [-0.2, -0.15) is 18.4 Å². The van der Waals surface area contributed by atoms with Crippen LogP contribution < -0.4 is 9.64 Å². The summed E-state index contributed by atoms with van der Waals surface area (Å²) in [6.45, 7) is 3.77. The second-order valence-corrected chi connectivity index (χ2v) is 9.08. The number of carbonyl (C=O) groups excluding carboxylic acids is 1. The molecule has 1 aliphatic heterocycles. The van der Waals surface area contributed by atoms with Crippen LogP contribution in [0.25, 0.3) is 11.1 Å². The van der Waals surface area contributed by atoms with Crippen LogP contribution in [0.3, 0.4) is 0 Å². The lowest BCUT2D eigenvalue weighted by molar-refractivity contribution is -0.137. The minimum Gasteiger partial charge on any atom is -0.494 e. The summed E-state index contributed by atoms with van der Waals surface area (Å²) in [6, 6.07) is 15.8. The highest BCUT2D eigenvalue weighted by atomic mass is 19.4. The lowest BCUT2D eigenvalue weighted by Gasteiger charge is -2.30.